The number of unbranched alkanes of at least 4 members (excludes halogenated alkanes) is 4. The van der Waals surface area contributed by atoms with Gasteiger partial charge in [-0.05, 0) is 66.6 Å². The van der Waals surface area contributed by atoms with Gasteiger partial charge < -0.3 is 25.1 Å². The van der Waals surface area contributed by atoms with Gasteiger partial charge in [-0.2, -0.15) is 5.48 Å². The van der Waals surface area contributed by atoms with E-state index in [2.05, 4.69) is 22.7 Å². The lowest BCUT2D eigenvalue weighted by atomic mass is 10.1. The van der Waals surface area contributed by atoms with Crippen LogP contribution in [0.3, 0.4) is 0 Å². The lowest BCUT2D eigenvalue weighted by molar-refractivity contribution is -0.134. The first-order valence-corrected chi connectivity index (χ1v) is 17.4. The van der Waals surface area contributed by atoms with Gasteiger partial charge in [0.1, 0.15) is 17.8 Å². The Morgan fingerprint density at radius 3 is 2.45 bits per heavy atom. The molecule has 3 aromatic carbocycles. The van der Waals surface area contributed by atoms with Gasteiger partial charge in [-0.15, -0.1) is 0 Å². The fraction of sp³-hybridized carbons (Fsp3) is 0.333. The summed E-state index contributed by atoms with van der Waals surface area (Å²) in [5.41, 5.74) is 13.0. The van der Waals surface area contributed by atoms with Crippen molar-refractivity contribution >= 4 is 34.4 Å². The normalized spacial score (nSPS) is 11.7. The van der Waals surface area contributed by atoms with Gasteiger partial charge in [0.15, 0.2) is 11.5 Å². The summed E-state index contributed by atoms with van der Waals surface area (Å²) < 4.78 is 12.8. The highest BCUT2D eigenvalue weighted by molar-refractivity contribution is 6.07. The van der Waals surface area contributed by atoms with Gasteiger partial charge in [0.25, 0.3) is 5.91 Å². The molecule has 0 saturated heterocycles. The number of amides is 1. The van der Waals surface area contributed by atoms with Crippen LogP contribution in [-0.4, -0.2) is 46.7 Å². The Morgan fingerprint density at radius 2 is 1.71 bits per heavy atom. The minimum Gasteiger partial charge on any atom is -0.493 e. The van der Waals surface area contributed by atoms with E-state index in [0.717, 1.165) is 35.4 Å². The van der Waals surface area contributed by atoms with Crippen LogP contribution in [0.5, 0.6) is 11.5 Å². The predicted molar refractivity (Wildman–Crippen MR) is 198 cm³/mol. The average molecular weight is 694 g/mol. The molecule has 268 valence electrons. The Kier molecular flexibility index (Phi) is 13.5. The minimum atomic E-state index is -0.503. The molecule has 51 heavy (non-hydrogen) atoms. The van der Waals surface area contributed by atoms with Crippen LogP contribution in [0.2, 0.25) is 0 Å². The van der Waals surface area contributed by atoms with E-state index in [4.69, 9.17) is 25.0 Å². The number of aromatic nitrogens is 3. The summed E-state index contributed by atoms with van der Waals surface area (Å²) in [6.07, 6.45) is 7.00. The number of nitrogens with zero attached hydrogens (tertiary/aromatic N) is 4. The number of rotatable bonds is 19. The molecule has 1 atom stereocenters. The van der Waals surface area contributed by atoms with Crippen LogP contribution >= 0.6 is 0 Å². The second-order valence-corrected chi connectivity index (χ2v) is 12.1. The third-order valence-electron chi connectivity index (χ3n) is 8.50. The lowest BCUT2D eigenvalue weighted by Gasteiger charge is -2.21. The van der Waals surface area contributed by atoms with Gasteiger partial charge in [-0.3, -0.25) is 19.3 Å². The maximum absolute atomic E-state index is 13.9. The monoisotopic (exact) mass is 693 g/mol. The summed E-state index contributed by atoms with van der Waals surface area (Å²) in [7, 11) is 3.45. The zero-order chi connectivity index (χ0) is 36.0. The van der Waals surface area contributed by atoms with Crippen molar-refractivity contribution in [3.8, 4) is 11.5 Å². The van der Waals surface area contributed by atoms with Gasteiger partial charge in [0.05, 0.1) is 37.7 Å². The molecule has 12 nitrogen and oxygen atoms in total. The first-order valence-electron chi connectivity index (χ1n) is 17.4. The third-order valence-corrected chi connectivity index (χ3v) is 8.50. The summed E-state index contributed by atoms with van der Waals surface area (Å²) in [6, 6.07) is 25.5. The number of para-hydroxylation sites is 2. The highest BCUT2D eigenvalue weighted by Crippen LogP contribution is 2.27. The molecule has 5 aromatic rings. The molecule has 0 aliphatic heterocycles. The molecule has 0 aliphatic rings. The number of anilines is 2. The van der Waals surface area contributed by atoms with Gasteiger partial charge in [-0.1, -0.05) is 62.9 Å². The number of carbonyl (C=O) groups is 2. The third kappa shape index (κ3) is 10.1. The number of ether oxygens (including phenoxy) is 2. The topological polar surface area (TPSA) is 146 Å². The first-order chi connectivity index (χ1) is 24.9. The maximum Gasteiger partial charge on any atom is 0.313 e. The SMILES string of the molecule is CCCCCCCONC(N)c1ccc(NCc2nc3cc(C(=O)N(CCC(=O)Oc4ccccc4OC)c4ccccn4)ccc3n2C)cc1. The summed E-state index contributed by atoms with van der Waals surface area (Å²) in [5.74, 6) is 1.17. The Balaban J connectivity index is 1.20. The van der Waals surface area contributed by atoms with Gasteiger partial charge >= 0.3 is 5.97 Å². The number of imidazole rings is 1. The van der Waals surface area contributed by atoms with E-state index in [1.807, 2.05) is 41.9 Å². The molecular formula is C39H47N7O5. The summed E-state index contributed by atoms with van der Waals surface area (Å²) in [6.45, 7) is 3.36. The summed E-state index contributed by atoms with van der Waals surface area (Å²) >= 11 is 0. The number of hydroxylamine groups is 1. The fourth-order valence-corrected chi connectivity index (χ4v) is 5.59. The van der Waals surface area contributed by atoms with E-state index in [9.17, 15) is 9.59 Å². The highest BCUT2D eigenvalue weighted by Gasteiger charge is 2.22. The average Bonchev–Trinajstić information content (AvgIpc) is 3.48. The van der Waals surface area contributed by atoms with Crippen LogP contribution in [0.1, 0.15) is 73.4 Å². The number of pyridine rings is 1. The molecule has 1 amide bonds. The molecule has 12 heteroatoms. The number of benzene rings is 3. The number of fused-ring (bicyclic) bond motifs is 1. The van der Waals surface area contributed by atoms with Crippen molar-refractivity contribution in [2.75, 3.05) is 30.5 Å². The smallest absolute Gasteiger partial charge is 0.313 e. The van der Waals surface area contributed by atoms with E-state index in [1.54, 1.807) is 60.8 Å². The number of esters is 1. The molecule has 5 rings (SSSR count). The lowest BCUT2D eigenvalue weighted by Crippen LogP contribution is -2.34. The molecule has 0 bridgehead atoms. The van der Waals surface area contributed by atoms with E-state index < -0.39 is 12.1 Å². The van der Waals surface area contributed by atoms with Gasteiger partial charge in [0.2, 0.25) is 0 Å². The van der Waals surface area contributed by atoms with Crippen molar-refractivity contribution in [2.45, 2.75) is 58.2 Å². The number of nitrogens with two attached hydrogens (primary N) is 1. The zero-order valence-corrected chi connectivity index (χ0v) is 29.5. The van der Waals surface area contributed by atoms with Crippen molar-refractivity contribution in [1.29, 1.82) is 0 Å². The molecule has 0 spiro atoms. The Hall–Kier alpha value is -5.30. The van der Waals surface area contributed by atoms with Crippen LogP contribution in [0.15, 0.2) is 91.1 Å². The second kappa shape index (κ2) is 18.6. The van der Waals surface area contributed by atoms with E-state index >= 15 is 0 Å². The molecule has 0 fully saturated rings. The largest absolute Gasteiger partial charge is 0.493 e. The maximum atomic E-state index is 13.9. The molecule has 4 N–H and O–H groups in total. The van der Waals surface area contributed by atoms with E-state index in [1.165, 1.54) is 31.3 Å². The number of carbonyl (C=O) groups excluding carboxylic acids is 2. The number of hydrogen-bond acceptors (Lipinski definition) is 10. The molecular weight excluding hydrogens is 646 g/mol. The van der Waals surface area contributed by atoms with Crippen LogP contribution in [-0.2, 0) is 23.2 Å². The Bertz CT molecular complexity index is 1860. The van der Waals surface area contributed by atoms with Gasteiger partial charge in [-0.25, -0.2) is 9.97 Å². The second-order valence-electron chi connectivity index (χ2n) is 12.1. The summed E-state index contributed by atoms with van der Waals surface area (Å²) in [4.78, 5) is 43.0. The van der Waals surface area contributed by atoms with Crippen molar-refractivity contribution in [3.63, 3.8) is 0 Å². The number of aryl methyl sites for hydroxylation is 1. The van der Waals surface area contributed by atoms with Crippen LogP contribution < -0.4 is 30.9 Å². The quantitative estimate of drug-likeness (QED) is 0.0282. The fourth-order valence-electron chi connectivity index (χ4n) is 5.59. The number of nitrogens with one attached hydrogen (secondary N) is 2. The molecule has 1 unspecified atom stereocenters. The Labute approximate surface area is 298 Å². The zero-order valence-electron chi connectivity index (χ0n) is 29.5. The molecule has 0 saturated carbocycles. The predicted octanol–water partition coefficient (Wildman–Crippen LogP) is 6.68. The molecule has 2 aromatic heterocycles. The van der Waals surface area contributed by atoms with Crippen LogP contribution in [0, 0.1) is 0 Å². The minimum absolute atomic E-state index is 0.0571. The molecule has 2 heterocycles. The number of methoxy groups -OCH3 is 1. The standard InChI is InChI=1S/C39H47N7O5/c1-4-5-6-7-12-25-50-44-38(40)28-16-19-30(20-17-28)42-27-36-43-31-26-29(18-21-32(31)45(36)2)39(48)46(35-15-10-11-23-41-35)24-22-37(47)51-34-14-9-8-13-33(34)49-3/h8-11,13-21,23,26,38,42,44H,4-7,12,22,24-25,27,40H2,1-3H3. The van der Waals surface area contributed by atoms with Crippen molar-refractivity contribution in [2.24, 2.45) is 12.8 Å². The van der Waals surface area contributed by atoms with Gasteiger partial charge in [0, 0.05) is 31.0 Å². The Morgan fingerprint density at radius 1 is 0.941 bits per heavy atom. The van der Waals surface area contributed by atoms with E-state index in [-0.39, 0.29) is 18.9 Å². The molecule has 0 radical (unpaired) electrons. The van der Waals surface area contributed by atoms with Crippen LogP contribution in [0.4, 0.5) is 11.5 Å². The van der Waals surface area contributed by atoms with Crippen molar-refractivity contribution in [1.82, 2.24) is 20.0 Å². The summed E-state index contributed by atoms with van der Waals surface area (Å²) in [5, 5.41) is 3.42. The first kappa shape index (κ1) is 37.0. The highest BCUT2D eigenvalue weighted by atomic mass is 16.6. The number of hydrogen-bond donors (Lipinski definition) is 3. The van der Waals surface area contributed by atoms with Crippen molar-refractivity contribution in [3.05, 3.63) is 108 Å². The van der Waals surface area contributed by atoms with Crippen molar-refractivity contribution < 1.29 is 23.9 Å². The van der Waals surface area contributed by atoms with E-state index in [0.29, 0.717) is 41.5 Å². The van der Waals surface area contributed by atoms with Crippen LogP contribution in [0.25, 0.3) is 11.0 Å². The molecule has 0 aliphatic carbocycles.